The fraction of sp³-hybridized carbons (Fsp3) is 0.154. The quantitative estimate of drug-likeness (QED) is 0.671. The number of halogens is 3. The Balaban J connectivity index is 2.23. The van der Waals surface area contributed by atoms with Crippen LogP contribution in [-0.2, 0) is 6.18 Å². The second kappa shape index (κ2) is 5.17. The number of anilines is 1. The van der Waals surface area contributed by atoms with E-state index < -0.39 is 11.7 Å². The van der Waals surface area contributed by atoms with Gasteiger partial charge in [-0.15, -0.1) is 0 Å². The zero-order valence-electron chi connectivity index (χ0n) is 10.0. The Morgan fingerprint density at radius 1 is 1.16 bits per heavy atom. The third-order valence-electron chi connectivity index (χ3n) is 2.45. The molecular formula is C13H11F3N2O. The molecule has 1 heterocycles. The van der Waals surface area contributed by atoms with Crippen molar-refractivity contribution in [1.29, 1.82) is 0 Å². The second-order valence-electron chi connectivity index (χ2n) is 3.83. The number of para-hydroxylation sites is 1. The molecule has 0 aliphatic heterocycles. The van der Waals surface area contributed by atoms with Gasteiger partial charge in [0, 0.05) is 0 Å². The number of nitrogens with one attached hydrogen (secondary N) is 1. The summed E-state index contributed by atoms with van der Waals surface area (Å²) in [7, 11) is 0. The highest BCUT2D eigenvalue weighted by molar-refractivity contribution is 5.96. The molecule has 2 rings (SSSR count). The lowest BCUT2D eigenvalue weighted by Gasteiger charge is -2.11. The molecule has 0 saturated carbocycles. The molecule has 1 aromatic carbocycles. The minimum Gasteiger partial charge on any atom is -0.463 e. The minimum atomic E-state index is -4.42. The maximum Gasteiger partial charge on any atom is 0.418 e. The summed E-state index contributed by atoms with van der Waals surface area (Å²) in [6, 6.07) is 8.52. The topological polar surface area (TPSA) is 37.5 Å². The van der Waals surface area contributed by atoms with Gasteiger partial charge in [-0.05, 0) is 31.2 Å². The van der Waals surface area contributed by atoms with Gasteiger partial charge in [0.25, 0.3) is 0 Å². The van der Waals surface area contributed by atoms with Gasteiger partial charge in [0.15, 0.2) is 0 Å². The molecule has 3 nitrogen and oxygen atoms in total. The molecule has 6 heteroatoms. The Bertz CT molecular complexity index is 574. The fourth-order valence-corrected chi connectivity index (χ4v) is 1.51. The van der Waals surface area contributed by atoms with Gasteiger partial charge in [-0.3, -0.25) is 5.43 Å². The van der Waals surface area contributed by atoms with Crippen molar-refractivity contribution in [2.75, 3.05) is 5.43 Å². The molecule has 1 aromatic heterocycles. The Labute approximate surface area is 107 Å². The summed E-state index contributed by atoms with van der Waals surface area (Å²) < 4.78 is 43.3. The van der Waals surface area contributed by atoms with E-state index in [9.17, 15) is 13.2 Å². The lowest BCUT2D eigenvalue weighted by Crippen LogP contribution is -2.09. The maximum absolute atomic E-state index is 12.7. The van der Waals surface area contributed by atoms with E-state index in [1.165, 1.54) is 24.5 Å². The molecule has 0 bridgehead atoms. The summed E-state index contributed by atoms with van der Waals surface area (Å²) in [5.74, 6) is 0.497. The van der Waals surface area contributed by atoms with Crippen molar-refractivity contribution >= 4 is 11.4 Å². The van der Waals surface area contributed by atoms with Crippen molar-refractivity contribution in [1.82, 2.24) is 0 Å². The number of hydrazone groups is 1. The van der Waals surface area contributed by atoms with E-state index in [1.54, 1.807) is 19.1 Å². The number of hydrogen-bond acceptors (Lipinski definition) is 3. The highest BCUT2D eigenvalue weighted by Crippen LogP contribution is 2.34. The SMILES string of the molecule is C/C(=N/Nc1ccccc1C(F)(F)F)c1ccco1. The first-order valence-electron chi connectivity index (χ1n) is 5.49. The van der Waals surface area contributed by atoms with Crippen LogP contribution in [0.2, 0.25) is 0 Å². The third kappa shape index (κ3) is 3.15. The first-order valence-corrected chi connectivity index (χ1v) is 5.49. The van der Waals surface area contributed by atoms with Crippen molar-refractivity contribution in [3.8, 4) is 0 Å². The average Bonchev–Trinajstić information content (AvgIpc) is 2.89. The first-order chi connectivity index (χ1) is 8.98. The predicted octanol–water partition coefficient (Wildman–Crippen LogP) is 4.13. The van der Waals surface area contributed by atoms with Crippen LogP contribution in [0.4, 0.5) is 18.9 Å². The van der Waals surface area contributed by atoms with Crippen LogP contribution in [-0.4, -0.2) is 5.71 Å². The van der Waals surface area contributed by atoms with E-state index in [0.717, 1.165) is 6.07 Å². The Hall–Kier alpha value is -2.24. The molecule has 0 fully saturated rings. The van der Waals surface area contributed by atoms with Crippen LogP contribution in [0.15, 0.2) is 52.2 Å². The molecule has 0 saturated heterocycles. The summed E-state index contributed by atoms with van der Waals surface area (Å²) in [6.07, 6.45) is -2.95. The number of alkyl halides is 3. The first kappa shape index (κ1) is 13.2. The molecule has 0 atom stereocenters. The highest BCUT2D eigenvalue weighted by Gasteiger charge is 2.33. The third-order valence-corrected chi connectivity index (χ3v) is 2.45. The van der Waals surface area contributed by atoms with Crippen molar-refractivity contribution in [3.63, 3.8) is 0 Å². The van der Waals surface area contributed by atoms with E-state index in [1.807, 2.05) is 0 Å². The largest absolute Gasteiger partial charge is 0.463 e. The van der Waals surface area contributed by atoms with Gasteiger partial charge in [0.1, 0.15) is 11.5 Å². The van der Waals surface area contributed by atoms with Crippen molar-refractivity contribution in [2.45, 2.75) is 13.1 Å². The average molecular weight is 268 g/mol. The second-order valence-corrected chi connectivity index (χ2v) is 3.83. The monoisotopic (exact) mass is 268 g/mol. The Morgan fingerprint density at radius 3 is 2.53 bits per heavy atom. The van der Waals surface area contributed by atoms with Gasteiger partial charge in [-0.2, -0.15) is 18.3 Å². The molecule has 2 aromatic rings. The zero-order valence-corrected chi connectivity index (χ0v) is 10.0. The fourth-order valence-electron chi connectivity index (χ4n) is 1.51. The molecule has 0 amide bonds. The molecular weight excluding hydrogens is 257 g/mol. The molecule has 0 aliphatic carbocycles. The summed E-state index contributed by atoms with van der Waals surface area (Å²) in [5.41, 5.74) is 2.02. The van der Waals surface area contributed by atoms with E-state index in [4.69, 9.17) is 4.42 Å². The molecule has 0 spiro atoms. The van der Waals surface area contributed by atoms with Crippen molar-refractivity contribution in [3.05, 3.63) is 54.0 Å². The summed E-state index contributed by atoms with van der Waals surface area (Å²) >= 11 is 0. The number of hydrogen-bond donors (Lipinski definition) is 1. The molecule has 19 heavy (non-hydrogen) atoms. The van der Waals surface area contributed by atoms with Gasteiger partial charge in [-0.1, -0.05) is 12.1 Å². The highest BCUT2D eigenvalue weighted by atomic mass is 19.4. The van der Waals surface area contributed by atoms with E-state index in [-0.39, 0.29) is 5.69 Å². The van der Waals surface area contributed by atoms with Crippen molar-refractivity contribution in [2.24, 2.45) is 5.10 Å². The summed E-state index contributed by atoms with van der Waals surface area (Å²) in [4.78, 5) is 0. The van der Waals surface area contributed by atoms with Crippen LogP contribution in [0.5, 0.6) is 0 Å². The smallest absolute Gasteiger partial charge is 0.418 e. The van der Waals surface area contributed by atoms with Crippen LogP contribution < -0.4 is 5.43 Å². The summed E-state index contributed by atoms with van der Waals surface area (Å²) in [5, 5.41) is 3.88. The number of benzene rings is 1. The van der Waals surface area contributed by atoms with Crippen LogP contribution in [0.1, 0.15) is 18.2 Å². The lowest BCUT2D eigenvalue weighted by molar-refractivity contribution is -0.136. The van der Waals surface area contributed by atoms with E-state index in [2.05, 4.69) is 10.5 Å². The lowest BCUT2D eigenvalue weighted by atomic mass is 10.2. The molecule has 0 radical (unpaired) electrons. The predicted molar refractivity (Wildman–Crippen MR) is 66.0 cm³/mol. The van der Waals surface area contributed by atoms with Gasteiger partial charge in [0.2, 0.25) is 0 Å². The number of rotatable bonds is 3. The van der Waals surface area contributed by atoms with Crippen molar-refractivity contribution < 1.29 is 17.6 Å². The van der Waals surface area contributed by atoms with Gasteiger partial charge >= 0.3 is 6.18 Å². The maximum atomic E-state index is 12.7. The van der Waals surface area contributed by atoms with Gasteiger partial charge < -0.3 is 4.42 Å². The molecule has 0 aliphatic rings. The van der Waals surface area contributed by atoms with Gasteiger partial charge in [0.05, 0.1) is 17.5 Å². The number of nitrogens with zero attached hydrogens (tertiary/aromatic N) is 1. The minimum absolute atomic E-state index is 0.0964. The van der Waals surface area contributed by atoms with E-state index in [0.29, 0.717) is 11.5 Å². The van der Waals surface area contributed by atoms with Crippen LogP contribution in [0.3, 0.4) is 0 Å². The van der Waals surface area contributed by atoms with Gasteiger partial charge in [-0.25, -0.2) is 0 Å². The molecule has 0 unspecified atom stereocenters. The van der Waals surface area contributed by atoms with Crippen LogP contribution in [0, 0.1) is 0 Å². The molecule has 1 N–H and O–H groups in total. The standard InChI is InChI=1S/C13H11F3N2O/c1-9(12-7-4-8-19-12)17-18-11-6-3-2-5-10(11)13(14,15)16/h2-8,18H,1H3/b17-9-. The molecule has 100 valence electrons. The summed E-state index contributed by atoms with van der Waals surface area (Å²) in [6.45, 7) is 1.64. The number of furan rings is 1. The Morgan fingerprint density at radius 2 is 1.89 bits per heavy atom. The van der Waals surface area contributed by atoms with Crippen LogP contribution in [0.25, 0.3) is 0 Å². The normalized spacial score (nSPS) is 12.5. The van der Waals surface area contributed by atoms with E-state index >= 15 is 0 Å². The Kier molecular flexibility index (Phi) is 3.59. The van der Waals surface area contributed by atoms with Crippen LogP contribution >= 0.6 is 0 Å². The zero-order chi connectivity index (χ0) is 13.9.